The molecule has 0 radical (unpaired) electrons. The van der Waals surface area contributed by atoms with Gasteiger partial charge in [-0.25, -0.2) is 4.98 Å². The summed E-state index contributed by atoms with van der Waals surface area (Å²) in [6.07, 6.45) is 0.783. The highest BCUT2D eigenvalue weighted by Gasteiger charge is 2.17. The van der Waals surface area contributed by atoms with Crippen molar-refractivity contribution in [2.75, 3.05) is 6.61 Å². The molecule has 0 amide bonds. The number of hydrogen-bond donors (Lipinski definition) is 0. The Balaban J connectivity index is 1.84. The zero-order chi connectivity index (χ0) is 18.2. The van der Waals surface area contributed by atoms with E-state index in [-0.39, 0.29) is 0 Å². The van der Waals surface area contributed by atoms with Gasteiger partial charge in [0.1, 0.15) is 16.8 Å². The van der Waals surface area contributed by atoms with Crippen LogP contribution in [0, 0.1) is 0 Å². The molecule has 2 aromatic heterocycles. The molecule has 5 rings (SSSR count). The number of para-hydroxylation sites is 1. The number of benzene rings is 3. The molecule has 2 heterocycles. The van der Waals surface area contributed by atoms with Crippen LogP contribution >= 0.6 is 0 Å². The van der Waals surface area contributed by atoms with E-state index in [1.807, 2.05) is 43.3 Å². The molecule has 3 heteroatoms. The van der Waals surface area contributed by atoms with Gasteiger partial charge in [-0.3, -0.25) is 0 Å². The zero-order valence-corrected chi connectivity index (χ0v) is 15.1. The lowest BCUT2D eigenvalue weighted by atomic mass is 9.99. The third kappa shape index (κ3) is 2.72. The molecule has 0 unspecified atom stereocenters. The maximum Gasteiger partial charge on any atom is 0.158 e. The Labute approximate surface area is 157 Å². The number of ether oxygens (including phenoxy) is 1. The molecule has 3 aromatic carbocycles. The van der Waals surface area contributed by atoms with Crippen LogP contribution < -0.4 is 4.74 Å². The van der Waals surface area contributed by atoms with Gasteiger partial charge in [-0.1, -0.05) is 42.5 Å². The molecule has 0 aliphatic carbocycles. The van der Waals surface area contributed by atoms with E-state index in [4.69, 9.17) is 14.1 Å². The van der Waals surface area contributed by atoms with Gasteiger partial charge in [0.25, 0.3) is 0 Å². The maximum absolute atomic E-state index is 6.26. The molecule has 5 aromatic rings. The highest BCUT2D eigenvalue weighted by atomic mass is 16.5. The van der Waals surface area contributed by atoms with Crippen LogP contribution in [0.3, 0.4) is 0 Å². The van der Waals surface area contributed by atoms with Crippen LogP contribution in [0.15, 0.2) is 77.2 Å². The molecule has 3 nitrogen and oxygen atoms in total. The Kier molecular flexibility index (Phi) is 3.79. The predicted octanol–water partition coefficient (Wildman–Crippen LogP) is 6.12. The molecule has 0 fully saturated rings. The molecule has 0 N–H and O–H groups in total. The summed E-state index contributed by atoms with van der Waals surface area (Å²) in [5, 5.41) is 2.13. The largest absolute Gasteiger partial charge is 0.494 e. The van der Waals surface area contributed by atoms with Crippen molar-refractivity contribution in [3.05, 3.63) is 83.9 Å². The van der Waals surface area contributed by atoms with Gasteiger partial charge < -0.3 is 9.15 Å². The van der Waals surface area contributed by atoms with Crippen molar-refractivity contribution in [2.24, 2.45) is 0 Å². The minimum atomic E-state index is 0.639. The summed E-state index contributed by atoms with van der Waals surface area (Å²) in [4.78, 5) is 4.92. The molecule has 27 heavy (non-hydrogen) atoms. The molecule has 0 saturated heterocycles. The monoisotopic (exact) mass is 353 g/mol. The Bertz CT molecular complexity index is 1260. The standard InChI is InChI=1S/C24H19NO2/c1-2-26-17-12-13-21-19(15-17)20(14-16-8-4-3-5-9-16)24-23(25-21)18-10-6-7-11-22(18)27-24/h3-13,15H,2,14H2,1H3. The molecule has 0 aliphatic rings. The van der Waals surface area contributed by atoms with Crippen molar-refractivity contribution < 1.29 is 9.15 Å². The third-order valence-corrected chi connectivity index (χ3v) is 4.90. The van der Waals surface area contributed by atoms with Gasteiger partial charge in [-0.15, -0.1) is 0 Å². The van der Waals surface area contributed by atoms with Crippen LogP contribution in [0.4, 0.5) is 0 Å². The van der Waals surface area contributed by atoms with Crippen molar-refractivity contribution >= 4 is 33.0 Å². The van der Waals surface area contributed by atoms with Crippen LogP contribution in [0.1, 0.15) is 18.1 Å². The molecule has 0 spiro atoms. The minimum Gasteiger partial charge on any atom is -0.494 e. The summed E-state index contributed by atoms with van der Waals surface area (Å²) in [6.45, 7) is 2.63. The van der Waals surface area contributed by atoms with Crippen molar-refractivity contribution in [1.29, 1.82) is 0 Å². The average Bonchev–Trinajstić information content (AvgIpc) is 3.08. The fourth-order valence-corrected chi connectivity index (χ4v) is 3.68. The number of furan rings is 1. The first-order valence-corrected chi connectivity index (χ1v) is 9.24. The van der Waals surface area contributed by atoms with Gasteiger partial charge >= 0.3 is 0 Å². The second-order valence-electron chi connectivity index (χ2n) is 6.64. The number of nitrogens with zero attached hydrogens (tertiary/aromatic N) is 1. The van der Waals surface area contributed by atoms with Crippen molar-refractivity contribution in [3.63, 3.8) is 0 Å². The molecular formula is C24H19NO2. The summed E-state index contributed by atoms with van der Waals surface area (Å²) in [6, 6.07) is 24.7. The first kappa shape index (κ1) is 15.9. The van der Waals surface area contributed by atoms with Gasteiger partial charge in [-0.05, 0) is 42.8 Å². The van der Waals surface area contributed by atoms with Crippen molar-refractivity contribution in [1.82, 2.24) is 4.98 Å². The van der Waals surface area contributed by atoms with Gasteiger partial charge in [0.2, 0.25) is 0 Å². The Morgan fingerprint density at radius 3 is 2.56 bits per heavy atom. The van der Waals surface area contributed by atoms with E-state index in [9.17, 15) is 0 Å². The predicted molar refractivity (Wildman–Crippen MR) is 109 cm³/mol. The summed E-state index contributed by atoms with van der Waals surface area (Å²) in [5.74, 6) is 0.858. The maximum atomic E-state index is 6.26. The van der Waals surface area contributed by atoms with Crippen LogP contribution in [-0.2, 0) is 6.42 Å². The smallest absolute Gasteiger partial charge is 0.158 e. The third-order valence-electron chi connectivity index (χ3n) is 4.90. The molecule has 0 saturated carbocycles. The normalized spacial score (nSPS) is 11.4. The summed E-state index contributed by atoms with van der Waals surface area (Å²) < 4.78 is 12.0. The van der Waals surface area contributed by atoms with Crippen LogP contribution in [0.2, 0.25) is 0 Å². The second-order valence-corrected chi connectivity index (χ2v) is 6.64. The summed E-state index contributed by atoms with van der Waals surface area (Å²) in [5.41, 5.74) is 6.01. The molecular weight excluding hydrogens is 334 g/mol. The Morgan fingerprint density at radius 2 is 1.70 bits per heavy atom. The van der Waals surface area contributed by atoms with Crippen molar-refractivity contribution in [2.45, 2.75) is 13.3 Å². The SMILES string of the molecule is CCOc1ccc2nc3c(oc4ccccc43)c(Cc3ccccc3)c2c1. The first-order chi connectivity index (χ1) is 13.3. The number of aromatic nitrogens is 1. The fraction of sp³-hybridized carbons (Fsp3) is 0.125. The molecule has 132 valence electrons. The molecule has 0 aliphatic heterocycles. The Morgan fingerprint density at radius 1 is 0.889 bits per heavy atom. The first-order valence-electron chi connectivity index (χ1n) is 9.24. The fourth-order valence-electron chi connectivity index (χ4n) is 3.68. The van der Waals surface area contributed by atoms with Crippen LogP contribution in [0.5, 0.6) is 5.75 Å². The Hall–Kier alpha value is -3.33. The number of hydrogen-bond acceptors (Lipinski definition) is 3. The number of fused-ring (bicyclic) bond motifs is 4. The number of rotatable bonds is 4. The number of pyridine rings is 1. The topological polar surface area (TPSA) is 35.3 Å². The minimum absolute atomic E-state index is 0.639. The van der Waals surface area contributed by atoms with Gasteiger partial charge in [0.15, 0.2) is 5.58 Å². The van der Waals surface area contributed by atoms with E-state index in [0.29, 0.717) is 6.61 Å². The highest BCUT2D eigenvalue weighted by molar-refractivity contribution is 6.08. The van der Waals surface area contributed by atoms with E-state index < -0.39 is 0 Å². The van der Waals surface area contributed by atoms with Crippen molar-refractivity contribution in [3.8, 4) is 5.75 Å². The average molecular weight is 353 g/mol. The summed E-state index contributed by atoms with van der Waals surface area (Å²) in [7, 11) is 0. The van der Waals surface area contributed by atoms with Gasteiger partial charge in [0.05, 0.1) is 12.1 Å². The lowest BCUT2D eigenvalue weighted by Gasteiger charge is -2.10. The van der Waals surface area contributed by atoms with Gasteiger partial charge in [0, 0.05) is 22.8 Å². The van der Waals surface area contributed by atoms with E-state index in [1.165, 1.54) is 5.56 Å². The zero-order valence-electron chi connectivity index (χ0n) is 15.1. The molecule has 0 bridgehead atoms. The quantitative estimate of drug-likeness (QED) is 0.390. The lowest BCUT2D eigenvalue weighted by Crippen LogP contribution is -1.96. The van der Waals surface area contributed by atoms with E-state index in [1.54, 1.807) is 0 Å². The summed E-state index contributed by atoms with van der Waals surface area (Å²) >= 11 is 0. The van der Waals surface area contributed by atoms with E-state index in [2.05, 4.69) is 36.4 Å². The molecule has 0 atom stereocenters. The highest BCUT2D eigenvalue weighted by Crippen LogP contribution is 2.35. The van der Waals surface area contributed by atoms with Gasteiger partial charge in [-0.2, -0.15) is 0 Å². The lowest BCUT2D eigenvalue weighted by molar-refractivity contribution is 0.340. The van der Waals surface area contributed by atoms with Crippen LogP contribution in [-0.4, -0.2) is 11.6 Å². The van der Waals surface area contributed by atoms with Crippen LogP contribution in [0.25, 0.3) is 33.0 Å². The second kappa shape index (κ2) is 6.44. The van der Waals surface area contributed by atoms with E-state index >= 15 is 0 Å². The van der Waals surface area contributed by atoms with E-state index in [0.717, 1.165) is 50.7 Å².